The van der Waals surface area contributed by atoms with Crippen LogP contribution in [-0.4, -0.2) is 51.0 Å². The number of piperidine rings is 1. The molecule has 4 rings (SSSR count). The smallest absolute Gasteiger partial charge is 0.416 e. The number of halogens is 3. The molecule has 208 valence electrons. The lowest BCUT2D eigenvalue weighted by Gasteiger charge is -2.47. The number of aromatic nitrogens is 1. The Hall–Kier alpha value is -3.77. The normalized spacial score (nSPS) is 15.1. The Balaban J connectivity index is 0.000000631. The number of likely N-dealkylation sites (tertiary alicyclic amines) is 1. The molecule has 3 aromatic rings. The van der Waals surface area contributed by atoms with Crippen LogP contribution in [0.3, 0.4) is 0 Å². The summed E-state index contributed by atoms with van der Waals surface area (Å²) in [4.78, 5) is 39.7. The first kappa shape index (κ1) is 29.8. The van der Waals surface area contributed by atoms with Gasteiger partial charge in [-0.1, -0.05) is 36.4 Å². The predicted molar refractivity (Wildman–Crippen MR) is 139 cm³/mol. The Labute approximate surface area is 227 Å². The molecule has 1 saturated heterocycles. The minimum Gasteiger partial charge on any atom is -0.473 e. The zero-order valence-corrected chi connectivity index (χ0v) is 22.1. The van der Waals surface area contributed by atoms with Crippen molar-refractivity contribution >= 4 is 34.9 Å². The molecule has 1 aromatic heterocycles. The van der Waals surface area contributed by atoms with Crippen LogP contribution in [0.2, 0.25) is 0 Å². The molecule has 2 aromatic carbocycles. The Morgan fingerprint density at radius 1 is 1.00 bits per heavy atom. The highest BCUT2D eigenvalue weighted by Gasteiger charge is 2.46. The van der Waals surface area contributed by atoms with Crippen molar-refractivity contribution < 1.29 is 37.8 Å². The number of carbonyl (C=O) groups excluding carboxylic acids is 1. The molecule has 2 heterocycles. The SMILES string of the molecule is CC(=O)N(c1ccccc1)C1(c2nc(C)cs2)CCN(Cc2ccccc2C(F)(F)F)CC1.O=C(O)C(=O)O. The number of rotatable bonds is 5. The number of carboxylic acid groups (broad SMARTS) is 2. The van der Waals surface area contributed by atoms with Gasteiger partial charge in [-0.3, -0.25) is 14.6 Å². The third kappa shape index (κ3) is 7.21. The number of aliphatic carboxylic acids is 2. The maximum Gasteiger partial charge on any atom is 0.416 e. The van der Waals surface area contributed by atoms with E-state index in [4.69, 9.17) is 24.8 Å². The molecule has 1 fully saturated rings. The summed E-state index contributed by atoms with van der Waals surface area (Å²) in [6.07, 6.45) is -3.21. The zero-order valence-electron chi connectivity index (χ0n) is 21.3. The maximum atomic E-state index is 13.5. The first-order chi connectivity index (χ1) is 18.3. The maximum absolute atomic E-state index is 13.5. The van der Waals surface area contributed by atoms with Crippen molar-refractivity contribution in [1.82, 2.24) is 9.88 Å². The van der Waals surface area contributed by atoms with E-state index in [1.54, 1.807) is 19.1 Å². The molecule has 0 saturated carbocycles. The van der Waals surface area contributed by atoms with Gasteiger partial charge in [-0.05, 0) is 43.5 Å². The molecule has 1 amide bonds. The van der Waals surface area contributed by atoms with Gasteiger partial charge in [0.1, 0.15) is 10.5 Å². The number of nitrogens with zero attached hydrogens (tertiary/aromatic N) is 3. The monoisotopic (exact) mass is 563 g/mol. The predicted octanol–water partition coefficient (Wildman–Crippen LogP) is 5.17. The molecule has 0 aliphatic carbocycles. The van der Waals surface area contributed by atoms with Gasteiger partial charge >= 0.3 is 18.1 Å². The second-order valence-electron chi connectivity index (χ2n) is 9.06. The molecule has 12 heteroatoms. The first-order valence-electron chi connectivity index (χ1n) is 12.0. The van der Waals surface area contributed by atoms with Crippen molar-refractivity contribution in [1.29, 1.82) is 0 Å². The lowest BCUT2D eigenvalue weighted by atomic mass is 9.85. The van der Waals surface area contributed by atoms with E-state index >= 15 is 0 Å². The second kappa shape index (κ2) is 12.4. The third-order valence-corrected chi connectivity index (χ3v) is 7.51. The molecule has 0 unspecified atom stereocenters. The van der Waals surface area contributed by atoms with Gasteiger partial charge in [0.15, 0.2) is 0 Å². The van der Waals surface area contributed by atoms with Gasteiger partial charge in [0.2, 0.25) is 5.91 Å². The Bertz CT molecular complexity index is 1290. The number of alkyl halides is 3. The van der Waals surface area contributed by atoms with Crippen LogP contribution >= 0.6 is 11.3 Å². The van der Waals surface area contributed by atoms with Crippen LogP contribution < -0.4 is 4.90 Å². The summed E-state index contributed by atoms with van der Waals surface area (Å²) in [5.41, 5.74) is 0.744. The number of carbonyl (C=O) groups is 3. The number of aryl methyl sites for hydroxylation is 1. The highest BCUT2D eigenvalue weighted by atomic mass is 32.1. The summed E-state index contributed by atoms with van der Waals surface area (Å²) in [7, 11) is 0. The van der Waals surface area contributed by atoms with E-state index in [9.17, 15) is 18.0 Å². The number of anilines is 1. The average Bonchev–Trinajstić information content (AvgIpc) is 3.32. The minimum absolute atomic E-state index is 0.0788. The molecule has 8 nitrogen and oxygen atoms in total. The summed E-state index contributed by atoms with van der Waals surface area (Å²) < 4.78 is 40.4. The van der Waals surface area contributed by atoms with E-state index in [0.717, 1.165) is 22.5 Å². The van der Waals surface area contributed by atoms with Crippen LogP contribution in [0.4, 0.5) is 18.9 Å². The molecular formula is C27H28F3N3O5S. The van der Waals surface area contributed by atoms with Gasteiger partial charge < -0.3 is 10.2 Å². The Morgan fingerprint density at radius 2 is 1.56 bits per heavy atom. The molecule has 0 atom stereocenters. The van der Waals surface area contributed by atoms with Crippen LogP contribution in [0.25, 0.3) is 0 Å². The average molecular weight is 564 g/mol. The van der Waals surface area contributed by atoms with Gasteiger partial charge in [0.25, 0.3) is 0 Å². The number of hydrogen-bond acceptors (Lipinski definition) is 6. The third-order valence-electron chi connectivity index (χ3n) is 6.36. The largest absolute Gasteiger partial charge is 0.473 e. The zero-order chi connectivity index (χ0) is 28.8. The number of carboxylic acids is 2. The van der Waals surface area contributed by atoms with Crippen LogP contribution in [0.1, 0.15) is 41.6 Å². The Morgan fingerprint density at radius 3 is 2.05 bits per heavy atom. The molecule has 2 N–H and O–H groups in total. The number of para-hydroxylation sites is 1. The summed E-state index contributed by atoms with van der Waals surface area (Å²) >= 11 is 1.53. The van der Waals surface area contributed by atoms with Gasteiger partial charge in [-0.25, -0.2) is 14.6 Å². The molecule has 0 radical (unpaired) electrons. The summed E-state index contributed by atoms with van der Waals surface area (Å²) in [5.74, 6) is -3.73. The van der Waals surface area contributed by atoms with Crippen LogP contribution in [0.15, 0.2) is 60.0 Å². The van der Waals surface area contributed by atoms with Gasteiger partial charge in [0.05, 0.1) is 5.56 Å². The molecule has 1 aliphatic rings. The lowest BCUT2D eigenvalue weighted by molar-refractivity contribution is -0.159. The van der Waals surface area contributed by atoms with E-state index < -0.39 is 29.2 Å². The van der Waals surface area contributed by atoms with E-state index in [2.05, 4.69) is 0 Å². The summed E-state index contributed by atoms with van der Waals surface area (Å²) in [5, 5.41) is 17.6. The molecule has 0 bridgehead atoms. The highest BCUT2D eigenvalue weighted by molar-refractivity contribution is 7.09. The van der Waals surface area contributed by atoms with Gasteiger partial charge in [0, 0.05) is 43.3 Å². The second-order valence-corrected chi connectivity index (χ2v) is 9.92. The molecule has 39 heavy (non-hydrogen) atoms. The van der Waals surface area contributed by atoms with Crippen LogP contribution in [-0.2, 0) is 32.6 Å². The number of amides is 1. The number of benzene rings is 2. The molecule has 0 spiro atoms. The fourth-order valence-corrected chi connectivity index (χ4v) is 5.71. The fraction of sp³-hybridized carbons (Fsp3) is 0.333. The number of thiazole rings is 1. The van der Waals surface area contributed by atoms with Crippen molar-refractivity contribution in [3.63, 3.8) is 0 Å². The van der Waals surface area contributed by atoms with Gasteiger partial charge in [-0.15, -0.1) is 11.3 Å². The highest BCUT2D eigenvalue weighted by Crippen LogP contribution is 2.43. The lowest BCUT2D eigenvalue weighted by Crippen LogP contribution is -2.55. The van der Waals surface area contributed by atoms with E-state index in [-0.39, 0.29) is 18.0 Å². The Kier molecular flexibility index (Phi) is 9.46. The fourth-order valence-electron chi connectivity index (χ4n) is 4.66. The summed E-state index contributed by atoms with van der Waals surface area (Å²) in [6.45, 7) is 4.82. The van der Waals surface area contributed by atoms with Crippen LogP contribution in [0, 0.1) is 6.92 Å². The topological polar surface area (TPSA) is 111 Å². The van der Waals surface area contributed by atoms with Crippen LogP contribution in [0.5, 0.6) is 0 Å². The van der Waals surface area contributed by atoms with Crippen molar-refractivity contribution in [2.45, 2.75) is 44.9 Å². The minimum atomic E-state index is -4.38. The van der Waals surface area contributed by atoms with Crippen molar-refractivity contribution in [3.05, 3.63) is 81.8 Å². The quantitative estimate of drug-likeness (QED) is 0.412. The summed E-state index contributed by atoms with van der Waals surface area (Å²) in [6, 6.07) is 15.3. The standard InChI is InChI=1S/C25H26F3N3OS.C2H2O4/c1-18-17-33-23(29-18)24(31(19(2)32)21-9-4-3-5-10-21)12-14-30(15-13-24)16-20-8-6-7-11-22(20)25(26,27)28;3-1(4)2(5)6/h3-11,17H,12-16H2,1-2H3;(H,3,4)(H,5,6). The van der Waals surface area contributed by atoms with E-state index in [1.807, 2.05) is 52.4 Å². The van der Waals surface area contributed by atoms with Crippen molar-refractivity contribution in [2.75, 3.05) is 18.0 Å². The molecular weight excluding hydrogens is 535 g/mol. The van der Waals surface area contributed by atoms with E-state index in [1.165, 1.54) is 17.4 Å². The van der Waals surface area contributed by atoms with E-state index in [0.29, 0.717) is 25.9 Å². The molecule has 1 aliphatic heterocycles. The first-order valence-corrected chi connectivity index (χ1v) is 12.9. The number of hydrogen-bond donors (Lipinski definition) is 2. The van der Waals surface area contributed by atoms with Gasteiger partial charge in [-0.2, -0.15) is 13.2 Å². The van der Waals surface area contributed by atoms with Crippen molar-refractivity contribution in [2.24, 2.45) is 0 Å². The van der Waals surface area contributed by atoms with Crippen molar-refractivity contribution in [3.8, 4) is 0 Å².